The van der Waals surface area contributed by atoms with E-state index in [1.807, 2.05) is 41.6 Å². The Morgan fingerprint density at radius 2 is 2.14 bits per heavy atom. The molecule has 0 spiro atoms. The summed E-state index contributed by atoms with van der Waals surface area (Å²) < 4.78 is 12.5. The topological polar surface area (TPSA) is 89.7 Å². The highest BCUT2D eigenvalue weighted by Crippen LogP contribution is 2.35. The van der Waals surface area contributed by atoms with Crippen LogP contribution in [0.15, 0.2) is 45.9 Å². The van der Waals surface area contributed by atoms with Gasteiger partial charge in [0.15, 0.2) is 11.4 Å². The Bertz CT molecular complexity index is 1170. The molecule has 1 atom stereocenters. The van der Waals surface area contributed by atoms with Gasteiger partial charge in [-0.2, -0.15) is 5.10 Å². The fourth-order valence-electron chi connectivity index (χ4n) is 4.09. The lowest BCUT2D eigenvalue weighted by atomic mass is 9.91. The molecule has 0 N–H and O–H groups in total. The number of amides is 1. The van der Waals surface area contributed by atoms with Crippen molar-refractivity contribution in [2.75, 3.05) is 13.1 Å². The number of likely N-dealkylation sites (tertiary alicyclic amines) is 1. The number of aromatic nitrogens is 4. The molecule has 4 aromatic rings. The van der Waals surface area contributed by atoms with Gasteiger partial charge >= 0.3 is 0 Å². The van der Waals surface area contributed by atoms with E-state index in [2.05, 4.69) is 15.2 Å². The van der Waals surface area contributed by atoms with Crippen molar-refractivity contribution in [2.45, 2.75) is 32.6 Å². The summed E-state index contributed by atoms with van der Waals surface area (Å²) in [6.45, 7) is 5.17. The summed E-state index contributed by atoms with van der Waals surface area (Å²) in [5.74, 6) is 0.755. The zero-order valence-electron chi connectivity index (χ0n) is 16.3. The average molecular weight is 391 g/mol. The van der Waals surface area contributed by atoms with Gasteiger partial charge in [0.2, 0.25) is 0 Å². The van der Waals surface area contributed by atoms with E-state index in [1.54, 1.807) is 6.07 Å². The molecular weight excluding hydrogens is 370 g/mol. The monoisotopic (exact) mass is 391 g/mol. The van der Waals surface area contributed by atoms with Crippen molar-refractivity contribution in [3.63, 3.8) is 0 Å². The van der Waals surface area contributed by atoms with E-state index < -0.39 is 0 Å². The normalized spacial score (nSPS) is 17.2. The molecule has 0 bridgehead atoms. The van der Waals surface area contributed by atoms with Gasteiger partial charge in [-0.15, -0.1) is 0 Å². The number of rotatable bonds is 3. The predicted octanol–water partition coefficient (Wildman–Crippen LogP) is 3.61. The average Bonchev–Trinajstić information content (AvgIpc) is 3.46. The molecule has 1 aliphatic rings. The molecule has 1 fully saturated rings. The van der Waals surface area contributed by atoms with Gasteiger partial charge in [0, 0.05) is 37.3 Å². The molecule has 5 heterocycles. The molecule has 1 aliphatic heterocycles. The van der Waals surface area contributed by atoms with Crippen LogP contribution in [0, 0.1) is 13.8 Å². The van der Waals surface area contributed by atoms with E-state index in [0.29, 0.717) is 17.9 Å². The standard InChI is InChI=1S/C21H21N5O3/c1-13-9-19-22-10-17(18-8-14(2)24-29-18)20(26(19)23-13)15-4-3-6-25(11-15)21(27)16-5-7-28-12-16/h5,7-10,12,15H,3-4,6,11H2,1-2H3. The van der Waals surface area contributed by atoms with E-state index >= 15 is 0 Å². The number of hydrogen-bond donors (Lipinski definition) is 0. The van der Waals surface area contributed by atoms with Crippen LogP contribution in [0.5, 0.6) is 0 Å². The lowest BCUT2D eigenvalue weighted by Crippen LogP contribution is -2.39. The summed E-state index contributed by atoms with van der Waals surface area (Å²) in [5, 5.41) is 8.71. The molecule has 0 aliphatic carbocycles. The van der Waals surface area contributed by atoms with Gasteiger partial charge in [-0.1, -0.05) is 5.16 Å². The van der Waals surface area contributed by atoms with Crippen molar-refractivity contribution in [3.05, 3.63) is 59.6 Å². The second kappa shape index (κ2) is 6.88. The van der Waals surface area contributed by atoms with Gasteiger partial charge in [-0.3, -0.25) is 4.79 Å². The van der Waals surface area contributed by atoms with Gasteiger partial charge < -0.3 is 13.8 Å². The molecule has 8 heteroatoms. The summed E-state index contributed by atoms with van der Waals surface area (Å²) in [6.07, 6.45) is 6.71. The van der Waals surface area contributed by atoms with Crippen molar-refractivity contribution in [1.29, 1.82) is 0 Å². The number of hydrogen-bond acceptors (Lipinski definition) is 6. The fraction of sp³-hybridized carbons (Fsp3) is 0.333. The van der Waals surface area contributed by atoms with E-state index in [1.165, 1.54) is 12.5 Å². The fourth-order valence-corrected chi connectivity index (χ4v) is 4.09. The molecule has 148 valence electrons. The predicted molar refractivity (Wildman–Crippen MR) is 105 cm³/mol. The van der Waals surface area contributed by atoms with Crippen LogP contribution >= 0.6 is 0 Å². The minimum absolute atomic E-state index is 0.0116. The van der Waals surface area contributed by atoms with Crippen molar-refractivity contribution in [1.82, 2.24) is 24.7 Å². The number of carbonyl (C=O) groups is 1. The highest BCUT2D eigenvalue weighted by molar-refractivity contribution is 5.94. The summed E-state index contributed by atoms with van der Waals surface area (Å²) in [6, 6.07) is 5.56. The summed E-state index contributed by atoms with van der Waals surface area (Å²) in [4.78, 5) is 19.3. The van der Waals surface area contributed by atoms with Crippen LogP contribution in [-0.4, -0.2) is 43.7 Å². The third-order valence-corrected chi connectivity index (χ3v) is 5.40. The molecule has 0 aromatic carbocycles. The Labute approximate surface area is 167 Å². The number of fused-ring (bicyclic) bond motifs is 1. The zero-order valence-corrected chi connectivity index (χ0v) is 16.3. The smallest absolute Gasteiger partial charge is 0.257 e. The Morgan fingerprint density at radius 1 is 1.24 bits per heavy atom. The first-order valence-electron chi connectivity index (χ1n) is 9.70. The van der Waals surface area contributed by atoms with E-state index in [0.717, 1.165) is 47.7 Å². The quantitative estimate of drug-likeness (QED) is 0.530. The number of nitrogens with zero attached hydrogens (tertiary/aromatic N) is 5. The lowest BCUT2D eigenvalue weighted by molar-refractivity contribution is 0.0704. The van der Waals surface area contributed by atoms with E-state index in [9.17, 15) is 4.79 Å². The highest BCUT2D eigenvalue weighted by atomic mass is 16.5. The van der Waals surface area contributed by atoms with Crippen molar-refractivity contribution >= 4 is 11.6 Å². The molecule has 4 aromatic heterocycles. The molecule has 29 heavy (non-hydrogen) atoms. The van der Waals surface area contributed by atoms with Gasteiger partial charge in [0.25, 0.3) is 5.91 Å². The Balaban J connectivity index is 1.58. The third-order valence-electron chi connectivity index (χ3n) is 5.40. The second-order valence-corrected chi connectivity index (χ2v) is 7.55. The molecule has 1 amide bonds. The molecule has 8 nitrogen and oxygen atoms in total. The summed E-state index contributed by atoms with van der Waals surface area (Å²) in [7, 11) is 0. The number of piperidine rings is 1. The molecule has 5 rings (SSSR count). The minimum Gasteiger partial charge on any atom is -0.472 e. The van der Waals surface area contributed by atoms with E-state index in [4.69, 9.17) is 8.94 Å². The molecule has 1 saturated heterocycles. The highest BCUT2D eigenvalue weighted by Gasteiger charge is 2.30. The molecule has 0 radical (unpaired) electrons. The van der Waals surface area contributed by atoms with Crippen LogP contribution in [0.25, 0.3) is 17.0 Å². The SMILES string of the molecule is Cc1cc(-c2cnc3cc(C)nn3c2C2CCCN(C(=O)c3ccoc3)C2)on1. The zero-order chi connectivity index (χ0) is 20.0. The van der Waals surface area contributed by atoms with Crippen molar-refractivity contribution < 1.29 is 13.7 Å². The number of aryl methyl sites for hydroxylation is 2. The van der Waals surface area contributed by atoms with Crippen LogP contribution < -0.4 is 0 Å². The number of furan rings is 1. The Hall–Kier alpha value is -3.42. The summed E-state index contributed by atoms with van der Waals surface area (Å²) in [5.41, 5.74) is 4.94. The second-order valence-electron chi connectivity index (χ2n) is 7.55. The molecular formula is C21H21N5O3. The van der Waals surface area contributed by atoms with Crippen LogP contribution in [0.4, 0.5) is 0 Å². The Kier molecular flexibility index (Phi) is 4.19. The number of carbonyl (C=O) groups excluding carboxylic acids is 1. The van der Waals surface area contributed by atoms with Crippen molar-refractivity contribution in [3.8, 4) is 11.3 Å². The van der Waals surface area contributed by atoms with Crippen LogP contribution in [0.1, 0.15) is 46.2 Å². The minimum atomic E-state index is -0.0116. The van der Waals surface area contributed by atoms with Gasteiger partial charge in [0.05, 0.1) is 34.5 Å². The maximum atomic E-state index is 12.9. The van der Waals surface area contributed by atoms with Crippen LogP contribution in [0.2, 0.25) is 0 Å². The first-order valence-corrected chi connectivity index (χ1v) is 9.70. The van der Waals surface area contributed by atoms with Gasteiger partial charge in [-0.25, -0.2) is 9.50 Å². The van der Waals surface area contributed by atoms with E-state index in [-0.39, 0.29) is 11.8 Å². The third kappa shape index (κ3) is 3.10. The van der Waals surface area contributed by atoms with Gasteiger partial charge in [0.1, 0.15) is 6.26 Å². The maximum absolute atomic E-state index is 12.9. The summed E-state index contributed by atoms with van der Waals surface area (Å²) >= 11 is 0. The van der Waals surface area contributed by atoms with Crippen LogP contribution in [0.3, 0.4) is 0 Å². The van der Waals surface area contributed by atoms with Crippen LogP contribution in [-0.2, 0) is 0 Å². The Morgan fingerprint density at radius 3 is 2.90 bits per heavy atom. The first kappa shape index (κ1) is 17.7. The largest absolute Gasteiger partial charge is 0.472 e. The first-order chi connectivity index (χ1) is 14.1. The van der Waals surface area contributed by atoms with Gasteiger partial charge in [-0.05, 0) is 32.8 Å². The molecule has 0 saturated carbocycles. The lowest BCUT2D eigenvalue weighted by Gasteiger charge is -2.33. The molecule has 1 unspecified atom stereocenters. The van der Waals surface area contributed by atoms with Crippen molar-refractivity contribution in [2.24, 2.45) is 0 Å². The maximum Gasteiger partial charge on any atom is 0.257 e.